The van der Waals surface area contributed by atoms with Gasteiger partial charge in [0.05, 0.1) is 28.3 Å². The Bertz CT molecular complexity index is 1110. The summed E-state index contributed by atoms with van der Waals surface area (Å²) in [5.74, 6) is -0.297. The van der Waals surface area contributed by atoms with Crippen LogP contribution in [0.5, 0.6) is 0 Å². The lowest BCUT2D eigenvalue weighted by molar-refractivity contribution is -0.111. The maximum Gasteiger partial charge on any atom is 0.250 e. The van der Waals surface area contributed by atoms with Gasteiger partial charge in [0.25, 0.3) is 0 Å². The summed E-state index contributed by atoms with van der Waals surface area (Å²) in [6.45, 7) is 1.53. The van der Waals surface area contributed by atoms with E-state index in [2.05, 4.69) is 10.3 Å². The van der Waals surface area contributed by atoms with Crippen LogP contribution < -0.4 is 5.32 Å². The Morgan fingerprint density at radius 1 is 1.10 bits per heavy atom. The van der Waals surface area contributed by atoms with Crippen LogP contribution in [-0.4, -0.2) is 49.9 Å². The summed E-state index contributed by atoms with van der Waals surface area (Å²) in [5.41, 5.74) is 1.57. The molecule has 0 saturated carbocycles. The second-order valence-electron chi connectivity index (χ2n) is 6.39. The van der Waals surface area contributed by atoms with Gasteiger partial charge in [-0.2, -0.15) is 4.31 Å². The normalized spacial score (nSPS) is 15.7. The zero-order valence-corrected chi connectivity index (χ0v) is 17.1. The maximum atomic E-state index is 12.6. The zero-order valence-electron chi connectivity index (χ0n) is 15.4. The number of aromatic nitrogens is 1. The van der Waals surface area contributed by atoms with Gasteiger partial charge in [0, 0.05) is 19.2 Å². The molecule has 2 heterocycles. The number of sulfonamides is 1. The highest BCUT2D eigenvalue weighted by Gasteiger charge is 2.25. The topological polar surface area (TPSA) is 88.6 Å². The van der Waals surface area contributed by atoms with Crippen LogP contribution in [0.4, 0.5) is 5.13 Å². The Kier molecular flexibility index (Phi) is 5.72. The van der Waals surface area contributed by atoms with E-state index in [1.54, 1.807) is 30.3 Å². The van der Waals surface area contributed by atoms with Gasteiger partial charge >= 0.3 is 0 Å². The lowest BCUT2D eigenvalue weighted by Gasteiger charge is -2.26. The Morgan fingerprint density at radius 3 is 2.55 bits per heavy atom. The molecule has 4 rings (SSSR count). The van der Waals surface area contributed by atoms with Crippen LogP contribution in [0.25, 0.3) is 16.3 Å². The fraction of sp³-hybridized carbons (Fsp3) is 0.200. The number of amides is 1. The van der Waals surface area contributed by atoms with Gasteiger partial charge in [-0.25, -0.2) is 13.4 Å². The maximum absolute atomic E-state index is 12.6. The third-order valence-electron chi connectivity index (χ3n) is 4.44. The Labute approximate surface area is 172 Å². The van der Waals surface area contributed by atoms with E-state index in [-0.39, 0.29) is 10.8 Å². The van der Waals surface area contributed by atoms with Gasteiger partial charge in [-0.3, -0.25) is 10.1 Å². The summed E-state index contributed by atoms with van der Waals surface area (Å²) in [5, 5.41) is 3.28. The van der Waals surface area contributed by atoms with E-state index in [9.17, 15) is 13.2 Å². The fourth-order valence-electron chi connectivity index (χ4n) is 2.93. The number of benzene rings is 2. The summed E-state index contributed by atoms with van der Waals surface area (Å²) in [7, 11) is -3.52. The number of hydrogen-bond acceptors (Lipinski definition) is 6. The van der Waals surface area contributed by atoms with Gasteiger partial charge in [-0.1, -0.05) is 35.6 Å². The van der Waals surface area contributed by atoms with Crippen molar-refractivity contribution in [2.24, 2.45) is 0 Å². The predicted molar refractivity (Wildman–Crippen MR) is 113 cm³/mol. The zero-order chi connectivity index (χ0) is 20.3. The van der Waals surface area contributed by atoms with E-state index in [1.165, 1.54) is 21.7 Å². The van der Waals surface area contributed by atoms with Crippen LogP contribution in [0.3, 0.4) is 0 Å². The molecular formula is C20H19N3O4S2. The summed E-state index contributed by atoms with van der Waals surface area (Å²) < 4.78 is 32.9. The number of hydrogen-bond donors (Lipinski definition) is 1. The fourth-order valence-corrected chi connectivity index (χ4v) is 5.21. The molecule has 7 nitrogen and oxygen atoms in total. The van der Waals surface area contributed by atoms with Crippen molar-refractivity contribution in [2.75, 3.05) is 31.6 Å². The summed E-state index contributed by atoms with van der Waals surface area (Å²) in [6.07, 6.45) is 3.03. The average Bonchev–Trinajstić information content (AvgIpc) is 3.15. The van der Waals surface area contributed by atoms with E-state index in [1.807, 2.05) is 24.3 Å². The third kappa shape index (κ3) is 4.54. The molecule has 1 aromatic heterocycles. The van der Waals surface area contributed by atoms with Crippen molar-refractivity contribution in [3.63, 3.8) is 0 Å². The van der Waals surface area contributed by atoms with Crippen molar-refractivity contribution < 1.29 is 17.9 Å². The smallest absolute Gasteiger partial charge is 0.250 e. The van der Waals surface area contributed by atoms with Crippen LogP contribution >= 0.6 is 11.3 Å². The minimum absolute atomic E-state index is 0.232. The lowest BCUT2D eigenvalue weighted by Crippen LogP contribution is -2.40. The number of fused-ring (bicyclic) bond motifs is 1. The van der Waals surface area contributed by atoms with Crippen LogP contribution in [0.2, 0.25) is 0 Å². The first kappa shape index (κ1) is 19.7. The predicted octanol–water partition coefficient (Wildman–Crippen LogP) is 2.97. The monoisotopic (exact) mass is 429 g/mol. The summed E-state index contributed by atoms with van der Waals surface area (Å²) >= 11 is 1.41. The molecule has 2 aromatic carbocycles. The van der Waals surface area contributed by atoms with Crippen LogP contribution in [0, 0.1) is 0 Å². The molecule has 3 aromatic rings. The highest BCUT2D eigenvalue weighted by molar-refractivity contribution is 7.89. The third-order valence-corrected chi connectivity index (χ3v) is 7.30. The molecule has 1 amide bonds. The van der Waals surface area contributed by atoms with Crippen molar-refractivity contribution in [1.29, 1.82) is 0 Å². The Morgan fingerprint density at radius 2 is 1.83 bits per heavy atom. The van der Waals surface area contributed by atoms with E-state index >= 15 is 0 Å². The number of anilines is 1. The molecule has 0 bridgehead atoms. The molecule has 1 saturated heterocycles. The second-order valence-corrected chi connectivity index (χ2v) is 9.36. The van der Waals surface area contributed by atoms with Crippen molar-refractivity contribution in [3.8, 4) is 0 Å². The van der Waals surface area contributed by atoms with Crippen molar-refractivity contribution in [3.05, 3.63) is 60.2 Å². The molecule has 0 radical (unpaired) electrons. The minimum Gasteiger partial charge on any atom is -0.379 e. The lowest BCUT2D eigenvalue weighted by atomic mass is 10.2. The molecule has 1 aliphatic heterocycles. The highest BCUT2D eigenvalue weighted by Crippen LogP contribution is 2.25. The number of nitrogens with one attached hydrogen (secondary N) is 1. The van der Waals surface area contributed by atoms with Gasteiger partial charge < -0.3 is 4.74 Å². The number of rotatable bonds is 5. The second kappa shape index (κ2) is 8.42. The molecule has 0 aliphatic carbocycles. The number of morpholine rings is 1. The molecule has 9 heteroatoms. The van der Waals surface area contributed by atoms with Gasteiger partial charge in [0.15, 0.2) is 5.13 Å². The highest BCUT2D eigenvalue weighted by atomic mass is 32.2. The standard InChI is InChI=1S/C20H19N3O4S2/c24-19(22-20-21-17-3-1-2-4-18(17)28-20)10-7-15-5-8-16(9-6-15)29(25,26)23-11-13-27-14-12-23/h1-10H,11-14H2,(H,21,22,24)/b10-7+. The quantitative estimate of drug-likeness (QED) is 0.630. The van der Waals surface area contributed by atoms with Crippen molar-refractivity contribution >= 4 is 48.7 Å². The number of carbonyl (C=O) groups excluding carboxylic acids is 1. The first-order valence-electron chi connectivity index (χ1n) is 9.05. The van der Waals surface area contributed by atoms with Crippen molar-refractivity contribution in [1.82, 2.24) is 9.29 Å². The van der Waals surface area contributed by atoms with Gasteiger partial charge in [-0.15, -0.1) is 0 Å². The molecule has 29 heavy (non-hydrogen) atoms. The van der Waals surface area contributed by atoms with Gasteiger partial charge in [0.2, 0.25) is 15.9 Å². The molecule has 1 aliphatic rings. The Balaban J connectivity index is 1.41. The number of thiazole rings is 1. The van der Waals surface area contributed by atoms with Crippen LogP contribution in [0.1, 0.15) is 5.56 Å². The Hall–Kier alpha value is -2.59. The van der Waals surface area contributed by atoms with E-state index in [0.717, 1.165) is 15.8 Å². The number of carbonyl (C=O) groups is 1. The largest absolute Gasteiger partial charge is 0.379 e. The SMILES string of the molecule is O=C(/C=C/c1ccc(S(=O)(=O)N2CCOCC2)cc1)Nc1nc2ccccc2s1. The molecule has 0 atom stereocenters. The molecule has 1 N–H and O–H groups in total. The van der Waals surface area contributed by atoms with E-state index < -0.39 is 10.0 Å². The van der Waals surface area contributed by atoms with Crippen molar-refractivity contribution in [2.45, 2.75) is 4.90 Å². The molecule has 150 valence electrons. The number of ether oxygens (including phenoxy) is 1. The number of nitrogens with zero attached hydrogens (tertiary/aromatic N) is 2. The summed E-state index contributed by atoms with van der Waals surface area (Å²) in [4.78, 5) is 16.7. The first-order valence-corrected chi connectivity index (χ1v) is 11.3. The van der Waals surface area contributed by atoms with E-state index in [0.29, 0.717) is 31.4 Å². The van der Waals surface area contributed by atoms with Gasteiger partial charge in [0.1, 0.15) is 0 Å². The minimum atomic E-state index is -3.52. The molecular weight excluding hydrogens is 410 g/mol. The summed E-state index contributed by atoms with van der Waals surface area (Å²) in [6, 6.07) is 14.1. The van der Waals surface area contributed by atoms with Gasteiger partial charge in [-0.05, 0) is 35.9 Å². The van der Waals surface area contributed by atoms with Crippen LogP contribution in [-0.2, 0) is 19.6 Å². The van der Waals surface area contributed by atoms with Crippen LogP contribution in [0.15, 0.2) is 59.5 Å². The average molecular weight is 430 g/mol. The molecule has 0 spiro atoms. The number of para-hydroxylation sites is 1. The first-order chi connectivity index (χ1) is 14.0. The molecule has 1 fully saturated rings. The molecule has 0 unspecified atom stereocenters. The van der Waals surface area contributed by atoms with E-state index in [4.69, 9.17) is 4.74 Å².